The number of carbonyl (C=O) groups is 1. The summed E-state index contributed by atoms with van der Waals surface area (Å²) in [6.07, 6.45) is 1.04. The number of aromatic hydroxyl groups is 1. The van der Waals surface area contributed by atoms with Crippen LogP contribution < -0.4 is 0 Å². The van der Waals surface area contributed by atoms with Crippen molar-refractivity contribution in [1.82, 2.24) is 20.2 Å². The maximum Gasteiger partial charge on any atom is 0.214 e. The number of ketones is 1. The van der Waals surface area contributed by atoms with E-state index < -0.39 is 0 Å². The van der Waals surface area contributed by atoms with Crippen LogP contribution in [0.1, 0.15) is 23.2 Å². The topological polar surface area (TPSA) is 80.9 Å². The summed E-state index contributed by atoms with van der Waals surface area (Å²) in [6.45, 7) is 0.544. The number of Topliss-reactive ketones (excluding diaryl/α,β-unsaturated/α-hetero) is 1. The summed E-state index contributed by atoms with van der Waals surface area (Å²) in [5.41, 5.74) is 0.601. The first-order chi connectivity index (χ1) is 10.7. The van der Waals surface area contributed by atoms with Crippen molar-refractivity contribution in [2.24, 2.45) is 0 Å². The lowest BCUT2D eigenvalue weighted by Crippen LogP contribution is -2.06. The maximum atomic E-state index is 12.0. The van der Waals surface area contributed by atoms with Gasteiger partial charge in [-0.1, -0.05) is 6.07 Å². The van der Waals surface area contributed by atoms with Crippen molar-refractivity contribution in [1.29, 1.82) is 0 Å². The van der Waals surface area contributed by atoms with Gasteiger partial charge < -0.3 is 5.11 Å². The molecule has 0 bridgehead atoms. The number of benzene rings is 1. The van der Waals surface area contributed by atoms with E-state index in [2.05, 4.69) is 15.4 Å². The number of nitrogens with zero attached hydrogens (tertiary/aromatic N) is 4. The second-order valence-corrected chi connectivity index (χ2v) is 5.71. The fourth-order valence-corrected chi connectivity index (χ4v) is 2.66. The van der Waals surface area contributed by atoms with Crippen LogP contribution in [0.25, 0.3) is 10.7 Å². The summed E-state index contributed by atoms with van der Waals surface area (Å²) >= 11 is 1.56. The summed E-state index contributed by atoms with van der Waals surface area (Å²) < 4.78 is 0. The van der Waals surface area contributed by atoms with Crippen molar-refractivity contribution in [3.63, 3.8) is 0 Å². The van der Waals surface area contributed by atoms with Gasteiger partial charge in [0.15, 0.2) is 5.78 Å². The van der Waals surface area contributed by atoms with Crippen molar-refractivity contribution in [3.05, 3.63) is 47.3 Å². The highest BCUT2D eigenvalue weighted by molar-refractivity contribution is 7.13. The Hall–Kier alpha value is -2.54. The van der Waals surface area contributed by atoms with Crippen molar-refractivity contribution >= 4 is 17.1 Å². The van der Waals surface area contributed by atoms with E-state index in [9.17, 15) is 9.90 Å². The maximum absolute atomic E-state index is 12.0. The standard InChI is InChI=1S/C15H14N4O2S/c20-12-7-5-11(6-8-12)13(21)3-1-9-19-17-15(16-18-19)14-4-2-10-22-14/h2,4-8,10,20H,1,3,9H2. The van der Waals surface area contributed by atoms with Crippen LogP contribution in [0.2, 0.25) is 0 Å². The molecular formula is C15H14N4O2S. The van der Waals surface area contributed by atoms with Gasteiger partial charge in [-0.25, -0.2) is 0 Å². The van der Waals surface area contributed by atoms with Crippen LogP contribution in [-0.4, -0.2) is 31.1 Å². The molecular weight excluding hydrogens is 300 g/mol. The quantitative estimate of drug-likeness (QED) is 0.708. The molecule has 1 aromatic carbocycles. The molecule has 0 amide bonds. The van der Waals surface area contributed by atoms with Crippen molar-refractivity contribution in [2.75, 3.05) is 0 Å². The molecule has 0 aliphatic heterocycles. The zero-order chi connectivity index (χ0) is 15.4. The number of aromatic nitrogens is 4. The first-order valence-electron chi connectivity index (χ1n) is 6.86. The lowest BCUT2D eigenvalue weighted by Gasteiger charge is -2.01. The Balaban J connectivity index is 1.53. The third-order valence-corrected chi connectivity index (χ3v) is 4.01. The number of phenolic OH excluding ortho intramolecular Hbond substituents is 1. The molecule has 0 spiro atoms. The summed E-state index contributed by atoms with van der Waals surface area (Å²) in [7, 11) is 0. The number of phenols is 1. The lowest BCUT2D eigenvalue weighted by atomic mass is 10.1. The van der Waals surface area contributed by atoms with Gasteiger partial charge in [0.1, 0.15) is 5.75 Å². The van der Waals surface area contributed by atoms with Crippen LogP contribution in [0.4, 0.5) is 0 Å². The van der Waals surface area contributed by atoms with Gasteiger partial charge in [0.05, 0.1) is 11.4 Å². The minimum Gasteiger partial charge on any atom is -0.508 e. The summed E-state index contributed by atoms with van der Waals surface area (Å²) in [6, 6.07) is 10.2. The van der Waals surface area contributed by atoms with Crippen LogP contribution >= 0.6 is 11.3 Å². The highest BCUT2D eigenvalue weighted by Crippen LogP contribution is 2.19. The second-order valence-electron chi connectivity index (χ2n) is 4.76. The van der Waals surface area contributed by atoms with E-state index >= 15 is 0 Å². The number of carbonyl (C=O) groups excluding carboxylic acids is 1. The van der Waals surface area contributed by atoms with E-state index in [0.29, 0.717) is 30.8 Å². The molecule has 0 aliphatic carbocycles. The average Bonchev–Trinajstić information content (AvgIpc) is 3.19. The van der Waals surface area contributed by atoms with Crippen molar-refractivity contribution in [2.45, 2.75) is 19.4 Å². The van der Waals surface area contributed by atoms with Crippen LogP contribution in [0.5, 0.6) is 5.75 Å². The first-order valence-corrected chi connectivity index (χ1v) is 7.74. The molecule has 7 heteroatoms. The Morgan fingerprint density at radius 3 is 2.77 bits per heavy atom. The smallest absolute Gasteiger partial charge is 0.214 e. The summed E-state index contributed by atoms with van der Waals surface area (Å²) in [5.74, 6) is 0.808. The lowest BCUT2D eigenvalue weighted by molar-refractivity contribution is 0.0977. The van der Waals surface area contributed by atoms with Gasteiger partial charge in [0, 0.05) is 12.0 Å². The Bertz CT molecular complexity index is 750. The van der Waals surface area contributed by atoms with E-state index in [4.69, 9.17) is 0 Å². The van der Waals surface area contributed by atoms with Crippen molar-refractivity contribution < 1.29 is 9.90 Å². The molecule has 112 valence electrons. The van der Waals surface area contributed by atoms with E-state index in [1.54, 1.807) is 23.5 Å². The number of hydrogen-bond donors (Lipinski definition) is 1. The monoisotopic (exact) mass is 314 g/mol. The molecule has 0 saturated heterocycles. The molecule has 0 radical (unpaired) electrons. The molecule has 0 aliphatic rings. The summed E-state index contributed by atoms with van der Waals surface area (Å²) in [5, 5.41) is 23.5. The highest BCUT2D eigenvalue weighted by atomic mass is 32.1. The molecule has 3 aromatic rings. The Morgan fingerprint density at radius 2 is 2.05 bits per heavy atom. The van der Waals surface area contributed by atoms with Gasteiger partial charge in [-0.15, -0.1) is 21.5 Å². The zero-order valence-corrected chi connectivity index (χ0v) is 12.5. The van der Waals surface area contributed by atoms with Crippen molar-refractivity contribution in [3.8, 4) is 16.5 Å². The minimum atomic E-state index is 0.0404. The fourth-order valence-electron chi connectivity index (χ4n) is 2.02. The molecule has 1 N–H and O–H groups in total. The predicted octanol–water partition coefficient (Wildman–Crippen LogP) is 2.77. The average molecular weight is 314 g/mol. The fraction of sp³-hybridized carbons (Fsp3) is 0.200. The Labute approximate surface area is 131 Å². The zero-order valence-electron chi connectivity index (χ0n) is 11.7. The summed E-state index contributed by atoms with van der Waals surface area (Å²) in [4.78, 5) is 14.5. The predicted molar refractivity (Wildman–Crippen MR) is 82.8 cm³/mol. The Morgan fingerprint density at radius 1 is 1.23 bits per heavy atom. The van der Waals surface area contributed by atoms with Gasteiger partial charge in [0.25, 0.3) is 0 Å². The molecule has 3 rings (SSSR count). The second kappa shape index (κ2) is 6.48. The number of thiophene rings is 1. The van der Waals surface area contributed by atoms with Gasteiger partial charge >= 0.3 is 0 Å². The van der Waals surface area contributed by atoms with Crippen LogP contribution in [-0.2, 0) is 6.54 Å². The first kappa shape index (κ1) is 14.4. The third kappa shape index (κ3) is 3.37. The molecule has 0 saturated carbocycles. The van der Waals surface area contributed by atoms with E-state index in [-0.39, 0.29) is 11.5 Å². The largest absolute Gasteiger partial charge is 0.508 e. The van der Waals surface area contributed by atoms with E-state index in [1.807, 2.05) is 17.5 Å². The van der Waals surface area contributed by atoms with Gasteiger partial charge in [0.2, 0.25) is 5.82 Å². The molecule has 0 fully saturated rings. The van der Waals surface area contributed by atoms with Gasteiger partial charge in [-0.3, -0.25) is 4.79 Å². The molecule has 2 heterocycles. The molecule has 0 atom stereocenters. The van der Waals surface area contributed by atoms with Crippen LogP contribution in [0.3, 0.4) is 0 Å². The minimum absolute atomic E-state index is 0.0404. The number of aryl methyl sites for hydroxylation is 1. The van der Waals surface area contributed by atoms with E-state index in [0.717, 1.165) is 4.88 Å². The molecule has 2 aromatic heterocycles. The normalized spacial score (nSPS) is 10.7. The number of rotatable bonds is 6. The van der Waals surface area contributed by atoms with Crippen LogP contribution in [0, 0.1) is 0 Å². The number of hydrogen-bond acceptors (Lipinski definition) is 6. The molecule has 0 unspecified atom stereocenters. The van der Waals surface area contributed by atoms with Gasteiger partial charge in [-0.2, -0.15) is 4.80 Å². The SMILES string of the molecule is O=C(CCCn1nnc(-c2cccs2)n1)c1ccc(O)cc1. The highest BCUT2D eigenvalue weighted by Gasteiger charge is 2.08. The molecule has 22 heavy (non-hydrogen) atoms. The van der Waals surface area contributed by atoms with E-state index in [1.165, 1.54) is 16.9 Å². The Kier molecular flexibility index (Phi) is 4.24. The van der Waals surface area contributed by atoms with Gasteiger partial charge in [-0.05, 0) is 47.3 Å². The number of tetrazole rings is 1. The third-order valence-electron chi connectivity index (χ3n) is 3.15. The van der Waals surface area contributed by atoms with Crippen LogP contribution in [0.15, 0.2) is 41.8 Å². The molecule has 6 nitrogen and oxygen atoms in total.